The van der Waals surface area contributed by atoms with Crippen LogP contribution in [0.5, 0.6) is 0 Å². The van der Waals surface area contributed by atoms with Crippen LogP contribution in [0.25, 0.3) is 43.6 Å². The Bertz CT molecular complexity index is 2110. The maximum absolute atomic E-state index is 9.56. The largest absolute Gasteiger partial charge is 0.256 e. The first-order chi connectivity index (χ1) is 20.3. The molecule has 0 saturated carbocycles. The van der Waals surface area contributed by atoms with Gasteiger partial charge in [0.2, 0.25) is 0 Å². The second-order valence-corrected chi connectivity index (χ2v) is 12.8. The van der Waals surface area contributed by atoms with E-state index in [0.29, 0.717) is 66.9 Å². The van der Waals surface area contributed by atoms with Gasteiger partial charge in [-0.2, -0.15) is 0 Å². The lowest BCUT2D eigenvalue weighted by Crippen LogP contribution is -2.12. The molecule has 0 saturated heterocycles. The number of fused-ring (bicyclic) bond motifs is 5. The first-order valence-electron chi connectivity index (χ1n) is 16.4. The Kier molecular flexibility index (Phi) is 3.28. The Morgan fingerprint density at radius 1 is 0.829 bits per heavy atom. The van der Waals surface area contributed by atoms with Crippen LogP contribution in [0.3, 0.4) is 0 Å². The van der Waals surface area contributed by atoms with E-state index in [2.05, 4.69) is 25.8 Å². The summed E-state index contributed by atoms with van der Waals surface area (Å²) in [5.74, 6) is 0. The summed E-state index contributed by atoms with van der Waals surface area (Å²) in [5.41, 5.74) is 1.80. The van der Waals surface area contributed by atoms with Gasteiger partial charge in [-0.05, 0) is 79.9 Å². The zero-order chi connectivity index (χ0) is 32.4. The van der Waals surface area contributed by atoms with Crippen LogP contribution in [0.4, 0.5) is 0 Å². The molecule has 5 aromatic rings. The fraction of sp³-hybridized carbons (Fsp3) is 0.303. The molecule has 35 heavy (non-hydrogen) atoms. The smallest absolute Gasteiger partial charge is 0.0840 e. The number of nitrogens with zero attached hydrogens (tertiary/aromatic N) is 1. The molecule has 0 spiro atoms. The van der Waals surface area contributed by atoms with Crippen LogP contribution < -0.4 is 0 Å². The van der Waals surface area contributed by atoms with Gasteiger partial charge in [0.25, 0.3) is 0 Å². The van der Waals surface area contributed by atoms with Gasteiger partial charge in [0, 0.05) is 26.9 Å². The number of hydrogen-bond donors (Lipinski definition) is 0. The van der Waals surface area contributed by atoms with E-state index in [0.717, 1.165) is 10.5 Å². The normalized spacial score (nSPS) is 17.1. The number of benzene rings is 4. The van der Waals surface area contributed by atoms with Crippen LogP contribution >= 0.6 is 11.8 Å². The molecule has 0 radical (unpaired) electrons. The van der Waals surface area contributed by atoms with Crippen molar-refractivity contribution < 1.29 is 12.3 Å². The molecule has 0 fully saturated rings. The Morgan fingerprint density at radius 2 is 1.60 bits per heavy atom. The minimum Gasteiger partial charge on any atom is -0.256 e. The SMILES string of the molecule is [2H]c1cc2c(c([2H])c3c4c(nc([2H])c([2H])c42)-c2cc4c([2H])c([2H])c([2H])c([2H])c4c(CC(C)(C)C)c2S3)c(CC(C)(C)C)c1[2H]. The van der Waals surface area contributed by atoms with Crippen LogP contribution in [0, 0.1) is 10.8 Å². The molecule has 0 aliphatic carbocycles. The van der Waals surface area contributed by atoms with E-state index in [1.807, 2.05) is 20.8 Å². The van der Waals surface area contributed by atoms with Crippen molar-refractivity contribution >= 4 is 44.1 Å². The highest BCUT2D eigenvalue weighted by atomic mass is 32.2. The molecule has 2 heterocycles. The third kappa shape index (κ3) is 3.93. The van der Waals surface area contributed by atoms with Crippen molar-refractivity contribution in [1.82, 2.24) is 4.98 Å². The summed E-state index contributed by atoms with van der Waals surface area (Å²) in [4.78, 5) is 5.85. The third-order valence-electron chi connectivity index (χ3n) is 6.28. The minimum atomic E-state index is -0.325. The fourth-order valence-electron chi connectivity index (χ4n) is 4.99. The Morgan fingerprint density at radius 3 is 2.37 bits per heavy atom. The molecule has 176 valence electrons. The van der Waals surface area contributed by atoms with Crippen molar-refractivity contribution in [2.24, 2.45) is 10.8 Å². The van der Waals surface area contributed by atoms with Gasteiger partial charge >= 0.3 is 0 Å². The highest BCUT2D eigenvalue weighted by Gasteiger charge is 2.27. The molecule has 1 nitrogen and oxygen atoms in total. The Balaban J connectivity index is 1.87. The van der Waals surface area contributed by atoms with Gasteiger partial charge in [-0.1, -0.05) is 95.6 Å². The number of pyridine rings is 1. The lowest BCUT2D eigenvalue weighted by atomic mass is 9.84. The van der Waals surface area contributed by atoms with Crippen molar-refractivity contribution in [3.05, 3.63) is 77.8 Å². The van der Waals surface area contributed by atoms with Crippen molar-refractivity contribution in [2.45, 2.75) is 64.2 Å². The summed E-state index contributed by atoms with van der Waals surface area (Å²) >= 11 is 1.34. The van der Waals surface area contributed by atoms with Gasteiger partial charge in [-0.15, -0.1) is 0 Å². The first kappa shape index (κ1) is 14.7. The van der Waals surface area contributed by atoms with Gasteiger partial charge in [-0.25, -0.2) is 0 Å². The molecular weight excluding hydrogens is 442 g/mol. The monoisotopic (exact) mass is 484 g/mol. The van der Waals surface area contributed by atoms with Crippen molar-refractivity contribution in [1.29, 1.82) is 0 Å². The first-order valence-corrected chi connectivity index (χ1v) is 12.7. The van der Waals surface area contributed by atoms with Gasteiger partial charge < -0.3 is 0 Å². The molecule has 0 amide bonds. The standard InChI is InChI=1S/C33H33NS/c1-32(2,3)18-21-11-9-13-23-24-14-15-34-30-26-16-20-10-7-8-12-22(20)27(19-33(4,5)6)31(26)35-28(29(24)30)17-25(21)23/h7-17H,18-19H2,1-6H3/i7D,8D,9D,10D,11D,12D,14D,15D,17D. The van der Waals surface area contributed by atoms with E-state index >= 15 is 0 Å². The van der Waals surface area contributed by atoms with Crippen LogP contribution in [-0.4, -0.2) is 4.98 Å². The molecule has 2 heteroatoms. The van der Waals surface area contributed by atoms with E-state index in [1.54, 1.807) is 6.07 Å². The van der Waals surface area contributed by atoms with Crippen LogP contribution in [0.2, 0.25) is 0 Å². The maximum Gasteiger partial charge on any atom is 0.0840 e. The summed E-state index contributed by atoms with van der Waals surface area (Å²) in [6, 6.07) is 2.46. The highest BCUT2D eigenvalue weighted by Crippen LogP contribution is 2.52. The number of hydrogen-bond acceptors (Lipinski definition) is 2. The van der Waals surface area contributed by atoms with E-state index in [4.69, 9.17) is 11.0 Å². The van der Waals surface area contributed by atoms with Gasteiger partial charge in [0.15, 0.2) is 0 Å². The Hall–Kier alpha value is -2.84. The zero-order valence-electron chi connectivity index (χ0n) is 29.9. The average molecular weight is 485 g/mol. The summed E-state index contributed by atoms with van der Waals surface area (Å²) in [6.45, 7) is 12.3. The lowest BCUT2D eigenvalue weighted by Gasteiger charge is -2.28. The van der Waals surface area contributed by atoms with Crippen molar-refractivity contribution in [3.63, 3.8) is 0 Å². The number of rotatable bonds is 2. The predicted octanol–water partition coefficient (Wildman–Crippen LogP) is 9.85. The second kappa shape index (κ2) is 7.83. The topological polar surface area (TPSA) is 12.9 Å². The van der Waals surface area contributed by atoms with Crippen molar-refractivity contribution in [3.8, 4) is 11.3 Å². The third-order valence-corrected chi connectivity index (χ3v) is 7.46. The average Bonchev–Trinajstić information content (AvgIpc) is 2.91. The van der Waals surface area contributed by atoms with Gasteiger partial charge in [0.05, 0.1) is 18.0 Å². The van der Waals surface area contributed by atoms with E-state index in [9.17, 15) is 1.37 Å². The van der Waals surface area contributed by atoms with Gasteiger partial charge in [-0.3, -0.25) is 4.98 Å². The zero-order valence-corrected chi connectivity index (χ0v) is 21.7. The maximum atomic E-state index is 9.56. The summed E-state index contributed by atoms with van der Waals surface area (Å²) < 4.78 is 79.2. The van der Waals surface area contributed by atoms with Crippen LogP contribution in [-0.2, 0) is 12.8 Å². The molecular formula is C33H33NS. The predicted molar refractivity (Wildman–Crippen MR) is 153 cm³/mol. The van der Waals surface area contributed by atoms with Gasteiger partial charge in [0.1, 0.15) is 0 Å². The molecule has 0 bridgehead atoms. The molecule has 4 aromatic carbocycles. The summed E-state index contributed by atoms with van der Waals surface area (Å²) in [7, 11) is 0. The summed E-state index contributed by atoms with van der Waals surface area (Å²) in [6.07, 6.45) is 0.670. The number of aromatic nitrogens is 1. The molecule has 0 atom stereocenters. The second-order valence-electron chi connectivity index (χ2n) is 11.8. The quantitative estimate of drug-likeness (QED) is 0.227. The molecule has 1 aliphatic rings. The molecule has 0 unspecified atom stereocenters. The van der Waals surface area contributed by atoms with Crippen LogP contribution in [0.1, 0.15) is 65.0 Å². The van der Waals surface area contributed by atoms with E-state index in [1.165, 1.54) is 17.8 Å². The molecule has 1 aromatic heterocycles. The lowest BCUT2D eigenvalue weighted by molar-refractivity contribution is 0.410. The highest BCUT2D eigenvalue weighted by molar-refractivity contribution is 8.00. The van der Waals surface area contributed by atoms with E-state index < -0.39 is 0 Å². The van der Waals surface area contributed by atoms with Crippen LogP contribution in [0.15, 0.2) is 76.4 Å². The molecule has 0 N–H and O–H groups in total. The fourth-order valence-corrected chi connectivity index (χ4v) is 6.21. The van der Waals surface area contributed by atoms with E-state index in [-0.39, 0.29) is 65.3 Å². The minimum absolute atomic E-state index is 0.00550. The van der Waals surface area contributed by atoms with Crippen molar-refractivity contribution in [2.75, 3.05) is 0 Å². The molecule has 1 aliphatic heterocycles. The molecule has 6 rings (SSSR count). The Labute approximate surface area is 225 Å². The summed E-state index contributed by atoms with van der Waals surface area (Å²) in [5, 5.41) is 2.73.